The first-order chi connectivity index (χ1) is 9.05. The fourth-order valence-electron chi connectivity index (χ4n) is 1.74. The number of benzene rings is 1. The van der Waals surface area contributed by atoms with E-state index in [0.717, 1.165) is 10.1 Å². The number of aromatic nitrogens is 4. The zero-order valence-corrected chi connectivity index (χ0v) is 9.46. The first-order valence-electron chi connectivity index (χ1n) is 5.40. The van der Waals surface area contributed by atoms with Gasteiger partial charge in [-0.25, -0.2) is 4.98 Å². The van der Waals surface area contributed by atoms with Crippen LogP contribution >= 0.6 is 0 Å². The van der Waals surface area contributed by atoms with Crippen molar-refractivity contribution in [3.05, 3.63) is 48.4 Å². The monoisotopic (exact) mass is 264 g/mol. The largest absolute Gasteiger partial charge is 0.453 e. The summed E-state index contributed by atoms with van der Waals surface area (Å²) in [6.45, 7) is 0. The van der Waals surface area contributed by atoms with E-state index >= 15 is 0 Å². The van der Waals surface area contributed by atoms with E-state index in [1.807, 2.05) is 6.07 Å². The van der Waals surface area contributed by atoms with E-state index in [1.165, 1.54) is 6.20 Å². The summed E-state index contributed by atoms with van der Waals surface area (Å²) in [5, 5.41) is 3.48. The van der Waals surface area contributed by atoms with Crippen molar-refractivity contribution in [3.63, 3.8) is 0 Å². The molecular weight excluding hydrogens is 257 g/mol. The lowest BCUT2D eigenvalue weighted by Gasteiger charge is -2.02. The van der Waals surface area contributed by atoms with Crippen molar-refractivity contribution in [2.24, 2.45) is 0 Å². The van der Waals surface area contributed by atoms with E-state index in [0.29, 0.717) is 5.69 Å². The summed E-state index contributed by atoms with van der Waals surface area (Å²) in [6, 6.07) is 10.6. The molecule has 0 amide bonds. The van der Waals surface area contributed by atoms with Gasteiger partial charge in [0.25, 0.3) is 11.6 Å². The summed E-state index contributed by atoms with van der Waals surface area (Å²) in [6.07, 6.45) is -3.17. The predicted octanol–water partition coefficient (Wildman–Crippen LogP) is 2.81. The van der Waals surface area contributed by atoms with Crippen LogP contribution in [-0.4, -0.2) is 19.6 Å². The van der Waals surface area contributed by atoms with Crippen LogP contribution in [0.3, 0.4) is 0 Å². The zero-order chi connectivity index (χ0) is 13.5. The Kier molecular flexibility index (Phi) is 2.48. The van der Waals surface area contributed by atoms with Crippen molar-refractivity contribution < 1.29 is 13.2 Å². The Balaban J connectivity index is 2.24. The highest BCUT2D eigenvalue weighted by Gasteiger charge is 2.36. The smallest absolute Gasteiger partial charge is 0.220 e. The lowest BCUT2D eigenvalue weighted by Crippen LogP contribution is -2.07. The molecule has 0 fully saturated rings. The number of hydrogen-bond acceptors (Lipinski definition) is 3. The molecule has 0 unspecified atom stereocenters. The van der Waals surface area contributed by atoms with Gasteiger partial charge in [0.05, 0.1) is 5.69 Å². The van der Waals surface area contributed by atoms with E-state index in [-0.39, 0.29) is 5.78 Å². The van der Waals surface area contributed by atoms with Crippen LogP contribution in [0.1, 0.15) is 5.82 Å². The van der Waals surface area contributed by atoms with Gasteiger partial charge in [0.15, 0.2) is 0 Å². The van der Waals surface area contributed by atoms with Gasteiger partial charge in [-0.2, -0.15) is 22.7 Å². The molecule has 0 saturated heterocycles. The van der Waals surface area contributed by atoms with E-state index in [4.69, 9.17) is 0 Å². The van der Waals surface area contributed by atoms with Crippen LogP contribution in [0.4, 0.5) is 13.2 Å². The number of halogens is 3. The molecule has 0 atom stereocenters. The second-order valence-electron chi connectivity index (χ2n) is 3.84. The van der Waals surface area contributed by atoms with Crippen molar-refractivity contribution in [1.82, 2.24) is 19.6 Å². The summed E-state index contributed by atoms with van der Waals surface area (Å²) in [5.74, 6) is -1.27. The van der Waals surface area contributed by atoms with Gasteiger partial charge in [0, 0.05) is 11.8 Å². The molecule has 7 heteroatoms. The first-order valence-corrected chi connectivity index (χ1v) is 5.40. The summed E-state index contributed by atoms with van der Waals surface area (Å²) in [5.41, 5.74) is 1.25. The minimum atomic E-state index is -4.58. The van der Waals surface area contributed by atoms with Gasteiger partial charge in [-0.05, 0) is 6.07 Å². The molecule has 1 aromatic carbocycles. The maximum atomic E-state index is 12.6. The third-order valence-corrected chi connectivity index (χ3v) is 2.56. The predicted molar refractivity (Wildman–Crippen MR) is 61.2 cm³/mol. The first kappa shape index (κ1) is 11.6. The Hall–Kier alpha value is -2.44. The molecule has 0 aliphatic heterocycles. The molecule has 3 rings (SSSR count). The number of alkyl halides is 3. The summed E-state index contributed by atoms with van der Waals surface area (Å²) < 4.78 is 38.9. The Bertz CT molecular complexity index is 719. The van der Waals surface area contributed by atoms with Crippen LogP contribution in [0.15, 0.2) is 42.6 Å². The quantitative estimate of drug-likeness (QED) is 0.678. The minimum Gasteiger partial charge on any atom is -0.220 e. The molecule has 0 spiro atoms. The highest BCUT2D eigenvalue weighted by atomic mass is 19.4. The van der Waals surface area contributed by atoms with E-state index < -0.39 is 12.0 Å². The topological polar surface area (TPSA) is 43.1 Å². The Morgan fingerprint density at radius 2 is 1.74 bits per heavy atom. The highest BCUT2D eigenvalue weighted by Crippen LogP contribution is 2.27. The van der Waals surface area contributed by atoms with Crippen molar-refractivity contribution in [3.8, 4) is 11.3 Å². The van der Waals surface area contributed by atoms with Crippen LogP contribution in [0, 0.1) is 0 Å². The van der Waals surface area contributed by atoms with Gasteiger partial charge in [-0.1, -0.05) is 30.3 Å². The fraction of sp³-hybridized carbons (Fsp3) is 0.0833. The van der Waals surface area contributed by atoms with Crippen LogP contribution in [-0.2, 0) is 6.18 Å². The van der Waals surface area contributed by atoms with E-state index in [9.17, 15) is 13.2 Å². The van der Waals surface area contributed by atoms with Crippen LogP contribution in [0.5, 0.6) is 0 Å². The summed E-state index contributed by atoms with van der Waals surface area (Å²) in [4.78, 5) is 7.18. The third-order valence-electron chi connectivity index (χ3n) is 2.56. The molecule has 3 aromatic rings. The highest BCUT2D eigenvalue weighted by molar-refractivity contribution is 5.61. The van der Waals surface area contributed by atoms with Crippen molar-refractivity contribution in [2.75, 3.05) is 0 Å². The van der Waals surface area contributed by atoms with Crippen LogP contribution in [0.25, 0.3) is 17.0 Å². The van der Waals surface area contributed by atoms with Gasteiger partial charge < -0.3 is 0 Å². The van der Waals surface area contributed by atoms with Gasteiger partial charge >= 0.3 is 6.18 Å². The van der Waals surface area contributed by atoms with E-state index in [2.05, 4.69) is 15.1 Å². The van der Waals surface area contributed by atoms with Crippen LogP contribution in [0.2, 0.25) is 0 Å². The average molecular weight is 264 g/mol. The SMILES string of the molecule is FC(F)(F)c1nc2nccc(-c3ccccc3)n2n1. The number of fused-ring (bicyclic) bond motifs is 1. The molecule has 4 nitrogen and oxygen atoms in total. The molecule has 0 bridgehead atoms. The number of rotatable bonds is 1. The lowest BCUT2D eigenvalue weighted by atomic mass is 10.1. The lowest BCUT2D eigenvalue weighted by molar-refractivity contribution is -0.144. The van der Waals surface area contributed by atoms with Crippen molar-refractivity contribution in [2.45, 2.75) is 6.18 Å². The molecule has 19 heavy (non-hydrogen) atoms. The Labute approximate surface area is 105 Å². The number of hydrogen-bond donors (Lipinski definition) is 0. The summed E-state index contributed by atoms with van der Waals surface area (Å²) >= 11 is 0. The molecule has 2 aromatic heterocycles. The molecule has 0 N–H and O–H groups in total. The third kappa shape index (κ3) is 2.03. The summed E-state index contributed by atoms with van der Waals surface area (Å²) in [7, 11) is 0. The Morgan fingerprint density at radius 1 is 1.00 bits per heavy atom. The maximum absolute atomic E-state index is 12.6. The van der Waals surface area contributed by atoms with Crippen LogP contribution < -0.4 is 0 Å². The molecule has 0 radical (unpaired) electrons. The molecule has 0 saturated carbocycles. The molecule has 0 aliphatic rings. The van der Waals surface area contributed by atoms with E-state index in [1.54, 1.807) is 30.3 Å². The molecule has 0 aliphatic carbocycles. The molecule has 2 heterocycles. The van der Waals surface area contributed by atoms with Gasteiger partial charge in [-0.3, -0.25) is 0 Å². The van der Waals surface area contributed by atoms with Crippen molar-refractivity contribution >= 4 is 5.78 Å². The molecular formula is C12H7F3N4. The van der Waals surface area contributed by atoms with Gasteiger partial charge in [-0.15, -0.1) is 5.10 Å². The van der Waals surface area contributed by atoms with Crippen molar-refractivity contribution in [1.29, 1.82) is 0 Å². The second kappa shape index (κ2) is 4.04. The van der Waals surface area contributed by atoms with Gasteiger partial charge in [0.2, 0.25) is 0 Å². The zero-order valence-electron chi connectivity index (χ0n) is 9.46. The Morgan fingerprint density at radius 3 is 2.42 bits per heavy atom. The average Bonchev–Trinajstić information content (AvgIpc) is 2.83. The minimum absolute atomic E-state index is 0.0753. The molecule has 96 valence electrons. The fourth-order valence-corrected chi connectivity index (χ4v) is 1.74. The standard InChI is InChI=1S/C12H7F3N4/c13-12(14,15)10-17-11-16-7-6-9(19(11)18-10)8-4-2-1-3-5-8/h1-7H. The second-order valence-corrected chi connectivity index (χ2v) is 3.84. The maximum Gasteiger partial charge on any atom is 0.453 e. The van der Waals surface area contributed by atoms with Gasteiger partial charge in [0.1, 0.15) is 0 Å². The normalized spacial score (nSPS) is 11.9. The number of nitrogens with zero attached hydrogens (tertiary/aromatic N) is 4.